The molecule has 0 spiro atoms. The van der Waals surface area contributed by atoms with Crippen LogP contribution >= 0.6 is 0 Å². The van der Waals surface area contributed by atoms with Crippen molar-refractivity contribution in [1.82, 2.24) is 5.16 Å². The lowest BCUT2D eigenvalue weighted by molar-refractivity contribution is -0.710. The molecule has 0 aliphatic rings. The van der Waals surface area contributed by atoms with Gasteiger partial charge in [-0.1, -0.05) is 17.3 Å². The van der Waals surface area contributed by atoms with Gasteiger partial charge in [-0.15, -0.1) is 10.1 Å². The summed E-state index contributed by atoms with van der Waals surface area (Å²) in [6, 6.07) is 16.5. The van der Waals surface area contributed by atoms with E-state index in [1.807, 2.05) is 12.1 Å². The number of hydrogen-bond acceptors (Lipinski definition) is 7. The van der Waals surface area contributed by atoms with Crippen LogP contribution in [0, 0.1) is 32.8 Å². The minimum atomic E-state index is -0.965. The first kappa shape index (κ1) is 15.7. The molecular formula is C17H8N4O4. The molecule has 0 radical (unpaired) electrons. The van der Waals surface area contributed by atoms with E-state index in [2.05, 4.69) is 9.99 Å². The molecule has 0 saturated carbocycles. The zero-order valence-corrected chi connectivity index (χ0v) is 12.5. The Labute approximate surface area is 141 Å². The van der Waals surface area contributed by atoms with E-state index >= 15 is 0 Å². The Bertz CT molecular complexity index is 1040. The van der Waals surface area contributed by atoms with Crippen LogP contribution in [0.2, 0.25) is 0 Å². The summed E-state index contributed by atoms with van der Waals surface area (Å²) in [5, 5.41) is 31.5. The number of rotatable bonds is 4. The predicted octanol–water partition coefficient (Wildman–Crippen LogP) is 3.32. The van der Waals surface area contributed by atoms with Crippen molar-refractivity contribution in [2.45, 2.75) is 0 Å². The molecule has 0 bridgehead atoms. The van der Waals surface area contributed by atoms with Crippen molar-refractivity contribution < 1.29 is 14.4 Å². The van der Waals surface area contributed by atoms with Gasteiger partial charge in [-0.05, 0) is 30.3 Å². The smallest absolute Gasteiger partial charge is 0.299 e. The Morgan fingerprint density at radius 1 is 1.08 bits per heavy atom. The number of nitrogens with zero attached hydrogens (tertiary/aromatic N) is 4. The van der Waals surface area contributed by atoms with Crippen LogP contribution in [0.1, 0.15) is 11.1 Å². The van der Waals surface area contributed by atoms with Gasteiger partial charge in [0.05, 0.1) is 28.8 Å². The molecule has 0 aliphatic heterocycles. The maximum Gasteiger partial charge on any atom is 0.299 e. The Balaban J connectivity index is 2.04. The fourth-order valence-electron chi connectivity index (χ4n) is 2.24. The van der Waals surface area contributed by atoms with Gasteiger partial charge in [0, 0.05) is 11.6 Å². The molecule has 0 N–H and O–H groups in total. The monoisotopic (exact) mass is 332 g/mol. The molecule has 1 aromatic heterocycles. The van der Waals surface area contributed by atoms with E-state index < -0.39 is 5.09 Å². The molecule has 0 fully saturated rings. The first-order chi connectivity index (χ1) is 12.1. The maximum atomic E-state index is 10.7. The van der Waals surface area contributed by atoms with E-state index in [0.717, 1.165) is 0 Å². The standard InChI is InChI=1S/C17H8N4O4/c18-9-11-2-1-3-13(6-11)15-8-16(24-20-15)14-5-4-12(10-19)7-17(14)25-21(22)23/h1-8H. The van der Waals surface area contributed by atoms with E-state index in [-0.39, 0.29) is 22.6 Å². The highest BCUT2D eigenvalue weighted by Crippen LogP contribution is 2.33. The average molecular weight is 332 g/mol. The topological polar surface area (TPSA) is 126 Å². The molecule has 0 aliphatic carbocycles. The van der Waals surface area contributed by atoms with E-state index in [0.29, 0.717) is 16.8 Å². The lowest BCUT2D eigenvalue weighted by Gasteiger charge is -2.04. The number of hydrogen-bond donors (Lipinski definition) is 0. The molecule has 0 amide bonds. The highest BCUT2D eigenvalue weighted by atomic mass is 17.0. The molecule has 8 nitrogen and oxygen atoms in total. The molecule has 25 heavy (non-hydrogen) atoms. The van der Waals surface area contributed by atoms with E-state index in [9.17, 15) is 10.1 Å². The fraction of sp³-hybridized carbons (Fsp3) is 0. The van der Waals surface area contributed by atoms with Crippen LogP contribution in [0.3, 0.4) is 0 Å². The van der Waals surface area contributed by atoms with Gasteiger partial charge in [0.1, 0.15) is 11.4 Å². The lowest BCUT2D eigenvalue weighted by atomic mass is 10.1. The van der Waals surface area contributed by atoms with Gasteiger partial charge in [-0.3, -0.25) is 4.84 Å². The van der Waals surface area contributed by atoms with E-state index in [1.54, 1.807) is 30.3 Å². The minimum absolute atomic E-state index is 0.127. The van der Waals surface area contributed by atoms with Gasteiger partial charge in [0.15, 0.2) is 5.76 Å². The van der Waals surface area contributed by atoms with Crippen molar-refractivity contribution in [3.05, 3.63) is 69.8 Å². The Morgan fingerprint density at radius 2 is 1.84 bits per heavy atom. The molecule has 3 aromatic rings. The first-order valence-corrected chi connectivity index (χ1v) is 6.95. The van der Waals surface area contributed by atoms with Crippen LogP contribution in [0.5, 0.6) is 5.75 Å². The summed E-state index contributed by atoms with van der Waals surface area (Å²) in [7, 11) is 0. The molecule has 120 valence electrons. The number of aromatic nitrogens is 1. The highest BCUT2D eigenvalue weighted by molar-refractivity contribution is 5.72. The molecule has 1 heterocycles. The first-order valence-electron chi connectivity index (χ1n) is 6.95. The van der Waals surface area contributed by atoms with Crippen molar-refractivity contribution >= 4 is 0 Å². The van der Waals surface area contributed by atoms with Gasteiger partial charge in [0.25, 0.3) is 5.09 Å². The third-order valence-corrected chi connectivity index (χ3v) is 3.35. The molecule has 8 heteroatoms. The molecule has 2 aromatic carbocycles. The molecule has 0 atom stereocenters. The Hall–Kier alpha value is -4.17. The third kappa shape index (κ3) is 3.28. The molecule has 3 rings (SSSR count). The summed E-state index contributed by atoms with van der Waals surface area (Å²) in [4.78, 5) is 15.2. The zero-order valence-electron chi connectivity index (χ0n) is 12.5. The maximum absolute atomic E-state index is 10.7. The summed E-state index contributed by atoms with van der Waals surface area (Å²) in [5.41, 5.74) is 2.09. The second-order valence-corrected chi connectivity index (χ2v) is 4.91. The summed E-state index contributed by atoms with van der Waals surface area (Å²) in [6.45, 7) is 0. The Morgan fingerprint density at radius 3 is 2.56 bits per heavy atom. The van der Waals surface area contributed by atoms with Crippen molar-refractivity contribution in [2.24, 2.45) is 0 Å². The van der Waals surface area contributed by atoms with Crippen LogP contribution in [0.25, 0.3) is 22.6 Å². The quantitative estimate of drug-likeness (QED) is 0.529. The zero-order chi connectivity index (χ0) is 17.8. The second-order valence-electron chi connectivity index (χ2n) is 4.91. The van der Waals surface area contributed by atoms with Gasteiger partial charge in [-0.25, -0.2) is 0 Å². The molecular weight excluding hydrogens is 324 g/mol. The summed E-state index contributed by atoms with van der Waals surface area (Å²) >= 11 is 0. The predicted molar refractivity (Wildman–Crippen MR) is 84.4 cm³/mol. The van der Waals surface area contributed by atoms with Crippen molar-refractivity contribution in [3.8, 4) is 40.5 Å². The van der Waals surface area contributed by atoms with Crippen LogP contribution < -0.4 is 4.84 Å². The van der Waals surface area contributed by atoms with Gasteiger partial charge >= 0.3 is 0 Å². The number of benzene rings is 2. The SMILES string of the molecule is N#Cc1cccc(-c2cc(-c3ccc(C#N)cc3O[N+](=O)[O-])on2)c1. The second kappa shape index (κ2) is 6.52. The average Bonchev–Trinajstić information content (AvgIpc) is 3.11. The van der Waals surface area contributed by atoms with Crippen LogP contribution in [-0.4, -0.2) is 10.2 Å². The van der Waals surface area contributed by atoms with Gasteiger partial charge < -0.3 is 4.52 Å². The van der Waals surface area contributed by atoms with Crippen LogP contribution in [-0.2, 0) is 0 Å². The summed E-state index contributed by atoms with van der Waals surface area (Å²) in [6.07, 6.45) is 0. The van der Waals surface area contributed by atoms with E-state index in [4.69, 9.17) is 15.0 Å². The summed E-state index contributed by atoms with van der Waals surface area (Å²) in [5.74, 6) is 0.108. The minimum Gasteiger partial charge on any atom is -0.356 e. The number of nitriles is 2. The Kier molecular flexibility index (Phi) is 4.10. The largest absolute Gasteiger partial charge is 0.356 e. The molecule has 0 saturated heterocycles. The highest BCUT2D eigenvalue weighted by Gasteiger charge is 2.16. The van der Waals surface area contributed by atoms with Crippen LogP contribution in [0.4, 0.5) is 0 Å². The van der Waals surface area contributed by atoms with Crippen molar-refractivity contribution in [2.75, 3.05) is 0 Å². The fourth-order valence-corrected chi connectivity index (χ4v) is 2.24. The lowest BCUT2D eigenvalue weighted by Crippen LogP contribution is -2.04. The van der Waals surface area contributed by atoms with Crippen LogP contribution in [0.15, 0.2) is 53.1 Å². The van der Waals surface area contributed by atoms with Gasteiger partial charge in [-0.2, -0.15) is 10.5 Å². The normalized spacial score (nSPS) is 9.84. The third-order valence-electron chi connectivity index (χ3n) is 3.35. The van der Waals surface area contributed by atoms with Gasteiger partial charge in [0.2, 0.25) is 0 Å². The van der Waals surface area contributed by atoms with E-state index in [1.165, 1.54) is 18.2 Å². The van der Waals surface area contributed by atoms with Crippen molar-refractivity contribution in [1.29, 1.82) is 10.5 Å². The molecule has 0 unspecified atom stereocenters. The summed E-state index contributed by atoms with van der Waals surface area (Å²) < 4.78 is 5.26. The van der Waals surface area contributed by atoms with Crippen molar-refractivity contribution in [3.63, 3.8) is 0 Å².